The van der Waals surface area contributed by atoms with E-state index in [1.807, 2.05) is 0 Å². The molecule has 0 spiro atoms. The van der Waals surface area contributed by atoms with Crippen LogP contribution in [0.5, 0.6) is 0 Å². The molecule has 1 saturated heterocycles. The predicted octanol–water partition coefficient (Wildman–Crippen LogP) is 1.05. The molecule has 0 saturated carbocycles. The Morgan fingerprint density at radius 2 is 2.56 bits per heavy atom. The number of cyclic esters (lactones) is 1. The molecule has 1 aliphatic heterocycles. The highest BCUT2D eigenvalue weighted by molar-refractivity contribution is 5.71. The Kier molecular flexibility index (Phi) is 2.03. The number of hydrogen-bond acceptors (Lipinski definition) is 2. The summed E-state index contributed by atoms with van der Waals surface area (Å²) in [6.45, 7) is -0.391. The van der Waals surface area contributed by atoms with Crippen LogP contribution in [0.15, 0.2) is 0 Å². The number of halogens is 1. The number of esters is 1. The number of carbonyl (C=O) groups excluding carboxylic acids is 1. The van der Waals surface area contributed by atoms with Crippen LogP contribution in [0.4, 0.5) is 4.39 Å². The van der Waals surface area contributed by atoms with E-state index in [2.05, 4.69) is 0 Å². The molecule has 1 aliphatic rings. The summed E-state index contributed by atoms with van der Waals surface area (Å²) in [5.74, 6) is -0.187. The van der Waals surface area contributed by atoms with Crippen LogP contribution in [0.2, 0.25) is 0 Å². The molecule has 52 valence electrons. The van der Waals surface area contributed by atoms with Crippen molar-refractivity contribution in [2.45, 2.75) is 25.4 Å². The van der Waals surface area contributed by atoms with Gasteiger partial charge in [0, 0.05) is 12.8 Å². The lowest BCUT2D eigenvalue weighted by Crippen LogP contribution is -2.06. The minimum atomic E-state index is -0.391. The zero-order chi connectivity index (χ0) is 6.69. The third kappa shape index (κ3) is 1.66. The van der Waals surface area contributed by atoms with Crippen LogP contribution >= 0.6 is 0 Å². The maximum absolute atomic E-state index is 11.6. The summed E-state index contributed by atoms with van der Waals surface area (Å²) in [5, 5.41) is 0. The highest BCUT2D eigenvalue weighted by Crippen LogP contribution is 2.16. The molecule has 0 N–H and O–H groups in total. The molecule has 1 unspecified atom stereocenters. The van der Waals surface area contributed by atoms with Crippen molar-refractivity contribution >= 4 is 5.97 Å². The summed E-state index contributed by atoms with van der Waals surface area (Å²) in [7, 11) is 0. The maximum Gasteiger partial charge on any atom is 0.306 e. The summed E-state index contributed by atoms with van der Waals surface area (Å²) in [6.07, 6.45) is 1.39. The second-order valence-electron chi connectivity index (χ2n) is 2.13. The van der Waals surface area contributed by atoms with Crippen molar-refractivity contribution in [2.24, 2.45) is 0 Å². The highest BCUT2D eigenvalue weighted by atomic mass is 19.1. The summed E-state index contributed by atoms with van der Waals surface area (Å²) in [5.41, 5.74) is 0. The van der Waals surface area contributed by atoms with Gasteiger partial charge in [-0.05, 0) is 6.42 Å². The van der Waals surface area contributed by atoms with Gasteiger partial charge in [0.25, 0.3) is 0 Å². The molecule has 0 aromatic heterocycles. The van der Waals surface area contributed by atoms with E-state index in [4.69, 9.17) is 4.74 Å². The first-order valence-corrected chi connectivity index (χ1v) is 3.08. The molecule has 3 heteroatoms. The van der Waals surface area contributed by atoms with Crippen molar-refractivity contribution < 1.29 is 13.9 Å². The fourth-order valence-electron chi connectivity index (χ4n) is 0.908. The summed E-state index contributed by atoms with van der Waals surface area (Å²) < 4.78 is 16.3. The maximum atomic E-state index is 11.6. The van der Waals surface area contributed by atoms with E-state index in [9.17, 15) is 9.18 Å². The van der Waals surface area contributed by atoms with Crippen molar-refractivity contribution in [1.82, 2.24) is 0 Å². The van der Waals surface area contributed by atoms with Crippen LogP contribution in [-0.4, -0.2) is 18.7 Å². The molecule has 0 amide bonds. The lowest BCUT2D eigenvalue weighted by atomic mass is 10.2. The Balaban J connectivity index is 2.22. The van der Waals surface area contributed by atoms with Gasteiger partial charge in [0.05, 0.1) is 6.67 Å². The van der Waals surface area contributed by atoms with Gasteiger partial charge in [-0.1, -0.05) is 0 Å². The molecule has 1 atom stereocenters. The third-order valence-corrected chi connectivity index (χ3v) is 1.40. The molecule has 1 fully saturated rings. The van der Waals surface area contributed by atoms with E-state index in [-0.39, 0.29) is 12.1 Å². The first-order valence-electron chi connectivity index (χ1n) is 3.08. The summed E-state index contributed by atoms with van der Waals surface area (Å²) in [6, 6.07) is 0. The van der Waals surface area contributed by atoms with Crippen LogP contribution in [0.3, 0.4) is 0 Å². The summed E-state index contributed by atoms with van der Waals surface area (Å²) in [4.78, 5) is 10.4. The molecular weight excluding hydrogens is 123 g/mol. The van der Waals surface area contributed by atoms with Gasteiger partial charge < -0.3 is 4.74 Å². The van der Waals surface area contributed by atoms with Crippen molar-refractivity contribution in [3.63, 3.8) is 0 Å². The zero-order valence-electron chi connectivity index (χ0n) is 5.10. The molecule has 0 radical (unpaired) electrons. The fraction of sp³-hybridized carbons (Fsp3) is 0.833. The Hall–Kier alpha value is -0.600. The van der Waals surface area contributed by atoms with Crippen molar-refractivity contribution in [1.29, 1.82) is 0 Å². The molecule has 0 aliphatic carbocycles. The third-order valence-electron chi connectivity index (χ3n) is 1.40. The highest BCUT2D eigenvalue weighted by Gasteiger charge is 2.22. The monoisotopic (exact) mass is 132 g/mol. The van der Waals surface area contributed by atoms with Gasteiger partial charge in [-0.25, -0.2) is 0 Å². The topological polar surface area (TPSA) is 26.3 Å². The molecule has 2 nitrogen and oxygen atoms in total. The Morgan fingerprint density at radius 3 is 3.00 bits per heavy atom. The first-order chi connectivity index (χ1) is 4.33. The van der Waals surface area contributed by atoms with Gasteiger partial charge in [0.1, 0.15) is 6.10 Å². The number of carbonyl (C=O) groups is 1. The van der Waals surface area contributed by atoms with Crippen molar-refractivity contribution in [2.75, 3.05) is 6.67 Å². The number of rotatable bonds is 2. The fourth-order valence-corrected chi connectivity index (χ4v) is 0.908. The number of ether oxygens (including phenoxy) is 1. The van der Waals surface area contributed by atoms with E-state index in [0.717, 1.165) is 0 Å². The molecule has 0 aromatic carbocycles. The number of hydrogen-bond donors (Lipinski definition) is 0. The SMILES string of the molecule is O=C1CCC(CCF)O1. The average Bonchev–Trinajstić information content (AvgIpc) is 2.17. The van der Waals surface area contributed by atoms with E-state index in [0.29, 0.717) is 19.3 Å². The predicted molar refractivity (Wildman–Crippen MR) is 29.7 cm³/mol. The summed E-state index contributed by atoms with van der Waals surface area (Å²) >= 11 is 0. The second-order valence-corrected chi connectivity index (χ2v) is 2.13. The molecule has 0 aromatic rings. The van der Waals surface area contributed by atoms with Gasteiger partial charge in [-0.2, -0.15) is 0 Å². The van der Waals surface area contributed by atoms with E-state index in [1.165, 1.54) is 0 Å². The van der Waals surface area contributed by atoms with Gasteiger partial charge in [0.15, 0.2) is 0 Å². The minimum Gasteiger partial charge on any atom is -0.462 e. The molecular formula is C6H9FO2. The Morgan fingerprint density at radius 1 is 1.78 bits per heavy atom. The second kappa shape index (κ2) is 2.80. The van der Waals surface area contributed by atoms with Gasteiger partial charge in [-0.3, -0.25) is 9.18 Å². The van der Waals surface area contributed by atoms with Crippen LogP contribution in [0, 0.1) is 0 Å². The minimum absolute atomic E-state index is 0.137. The van der Waals surface area contributed by atoms with Crippen LogP contribution < -0.4 is 0 Å². The van der Waals surface area contributed by atoms with E-state index in [1.54, 1.807) is 0 Å². The van der Waals surface area contributed by atoms with Crippen LogP contribution in [-0.2, 0) is 9.53 Å². The standard InChI is InChI=1S/C6H9FO2/c7-4-3-5-1-2-6(8)9-5/h5H,1-4H2. The normalized spacial score (nSPS) is 26.3. The van der Waals surface area contributed by atoms with Gasteiger partial charge in [0.2, 0.25) is 0 Å². The van der Waals surface area contributed by atoms with E-state index < -0.39 is 6.67 Å². The van der Waals surface area contributed by atoms with Crippen molar-refractivity contribution in [3.8, 4) is 0 Å². The quantitative estimate of drug-likeness (QED) is 0.525. The van der Waals surface area contributed by atoms with Crippen LogP contribution in [0.25, 0.3) is 0 Å². The van der Waals surface area contributed by atoms with Crippen LogP contribution in [0.1, 0.15) is 19.3 Å². The first kappa shape index (κ1) is 6.52. The Labute approximate surface area is 53.0 Å². The Bertz CT molecular complexity index is 114. The molecule has 0 bridgehead atoms. The van der Waals surface area contributed by atoms with E-state index >= 15 is 0 Å². The smallest absolute Gasteiger partial charge is 0.306 e. The van der Waals surface area contributed by atoms with Crippen molar-refractivity contribution in [3.05, 3.63) is 0 Å². The van der Waals surface area contributed by atoms with Gasteiger partial charge in [-0.15, -0.1) is 0 Å². The number of alkyl halides is 1. The lowest BCUT2D eigenvalue weighted by Gasteiger charge is -2.03. The van der Waals surface area contributed by atoms with Gasteiger partial charge >= 0.3 is 5.97 Å². The average molecular weight is 132 g/mol. The molecule has 9 heavy (non-hydrogen) atoms. The zero-order valence-corrected chi connectivity index (χ0v) is 5.10. The lowest BCUT2D eigenvalue weighted by molar-refractivity contribution is -0.141. The largest absolute Gasteiger partial charge is 0.462 e. The molecule has 1 heterocycles. The molecule has 1 rings (SSSR count).